The zero-order valence-electron chi connectivity index (χ0n) is 17.9. The molecule has 2 aliphatic rings. The van der Waals surface area contributed by atoms with Gasteiger partial charge in [-0.3, -0.25) is 18.8 Å². The summed E-state index contributed by atoms with van der Waals surface area (Å²) in [6, 6.07) is 9.73. The van der Waals surface area contributed by atoms with E-state index >= 15 is 0 Å². The third-order valence-electron chi connectivity index (χ3n) is 6.82. The van der Waals surface area contributed by atoms with E-state index in [9.17, 15) is 14.7 Å². The van der Waals surface area contributed by atoms with Gasteiger partial charge in [-0.25, -0.2) is 4.98 Å². The maximum atomic E-state index is 13.1. The van der Waals surface area contributed by atoms with Crippen LogP contribution in [0.4, 0.5) is 0 Å². The lowest BCUT2D eigenvalue weighted by Crippen LogP contribution is -2.51. The molecule has 1 aliphatic heterocycles. The van der Waals surface area contributed by atoms with Crippen LogP contribution in [0, 0.1) is 5.41 Å². The second-order valence-corrected chi connectivity index (χ2v) is 9.29. The number of aromatic nitrogens is 4. The SMILES string of the molecule is Cn1nc2c(=O)n(CC3(O)CCN(C(=O)C4(C)CC4)CC3)cnc2c1-c1ccccc1. The first-order valence-electron chi connectivity index (χ1n) is 10.8. The maximum Gasteiger partial charge on any atom is 0.281 e. The summed E-state index contributed by atoms with van der Waals surface area (Å²) < 4.78 is 3.12. The third-order valence-corrected chi connectivity index (χ3v) is 6.82. The zero-order chi connectivity index (χ0) is 21.8. The molecule has 3 aromatic rings. The van der Waals surface area contributed by atoms with Gasteiger partial charge in [0.25, 0.3) is 5.56 Å². The number of hydrogen-bond donors (Lipinski definition) is 1. The van der Waals surface area contributed by atoms with Crippen molar-refractivity contribution < 1.29 is 9.90 Å². The number of carbonyl (C=O) groups excluding carboxylic acids is 1. The van der Waals surface area contributed by atoms with Crippen molar-refractivity contribution in [3.05, 3.63) is 47.0 Å². The fourth-order valence-corrected chi connectivity index (χ4v) is 4.51. The number of rotatable bonds is 4. The van der Waals surface area contributed by atoms with E-state index in [1.807, 2.05) is 42.2 Å². The molecule has 1 N–H and O–H groups in total. The van der Waals surface area contributed by atoms with Gasteiger partial charge in [-0.15, -0.1) is 0 Å². The van der Waals surface area contributed by atoms with Crippen LogP contribution in [0.15, 0.2) is 41.5 Å². The van der Waals surface area contributed by atoms with Gasteiger partial charge in [0.2, 0.25) is 5.91 Å². The molecule has 1 aliphatic carbocycles. The minimum absolute atomic E-state index is 0.144. The first kappa shape index (κ1) is 19.9. The number of aliphatic hydroxyl groups is 1. The number of amides is 1. The average Bonchev–Trinajstić information content (AvgIpc) is 3.42. The van der Waals surface area contributed by atoms with E-state index in [1.165, 1.54) is 10.9 Å². The van der Waals surface area contributed by atoms with Crippen LogP contribution >= 0.6 is 0 Å². The van der Waals surface area contributed by atoms with Crippen molar-refractivity contribution in [3.8, 4) is 11.3 Å². The standard InChI is InChI=1S/C23H27N5O3/c1-22(8-9-22)21(30)27-12-10-23(31,11-13-27)14-28-15-24-17-18(20(28)29)25-26(2)19(17)16-6-4-3-5-7-16/h3-7,15,31H,8-14H2,1-2H3. The first-order valence-corrected chi connectivity index (χ1v) is 10.8. The summed E-state index contributed by atoms with van der Waals surface area (Å²) in [6.45, 7) is 3.17. The molecule has 1 saturated carbocycles. The van der Waals surface area contributed by atoms with Crippen molar-refractivity contribution >= 4 is 16.9 Å². The van der Waals surface area contributed by atoms with Gasteiger partial charge in [0.05, 0.1) is 24.2 Å². The fourth-order valence-electron chi connectivity index (χ4n) is 4.51. The number of carbonyl (C=O) groups is 1. The Morgan fingerprint density at radius 1 is 1.10 bits per heavy atom. The van der Waals surface area contributed by atoms with E-state index in [4.69, 9.17) is 0 Å². The van der Waals surface area contributed by atoms with Crippen molar-refractivity contribution in [2.24, 2.45) is 12.5 Å². The van der Waals surface area contributed by atoms with Crippen molar-refractivity contribution in [3.63, 3.8) is 0 Å². The van der Waals surface area contributed by atoms with E-state index in [1.54, 1.807) is 11.7 Å². The molecule has 5 rings (SSSR count). The number of hydrogen-bond acceptors (Lipinski definition) is 5. The molecular weight excluding hydrogens is 394 g/mol. The Hall–Kier alpha value is -3.00. The summed E-state index contributed by atoms with van der Waals surface area (Å²) in [6.07, 6.45) is 4.28. The van der Waals surface area contributed by atoms with E-state index < -0.39 is 5.60 Å². The Labute approximate surface area is 180 Å². The summed E-state index contributed by atoms with van der Waals surface area (Å²) in [5.74, 6) is 0.191. The zero-order valence-corrected chi connectivity index (χ0v) is 17.9. The second-order valence-electron chi connectivity index (χ2n) is 9.29. The fraction of sp³-hybridized carbons (Fsp3) is 0.478. The van der Waals surface area contributed by atoms with Crippen LogP contribution < -0.4 is 5.56 Å². The van der Waals surface area contributed by atoms with Gasteiger partial charge in [0.1, 0.15) is 5.52 Å². The van der Waals surface area contributed by atoms with Crippen molar-refractivity contribution in [2.75, 3.05) is 13.1 Å². The van der Waals surface area contributed by atoms with Crippen molar-refractivity contribution in [2.45, 2.75) is 44.8 Å². The van der Waals surface area contributed by atoms with E-state index in [2.05, 4.69) is 10.1 Å². The first-order chi connectivity index (χ1) is 14.8. The monoisotopic (exact) mass is 421 g/mol. The van der Waals surface area contributed by atoms with E-state index in [-0.39, 0.29) is 23.4 Å². The van der Waals surface area contributed by atoms with Crippen LogP contribution in [-0.4, -0.2) is 53.9 Å². The summed E-state index contributed by atoms with van der Waals surface area (Å²) in [4.78, 5) is 32.1. The predicted molar refractivity (Wildman–Crippen MR) is 116 cm³/mol. The van der Waals surface area contributed by atoms with Gasteiger partial charge in [-0.2, -0.15) is 5.10 Å². The van der Waals surface area contributed by atoms with Crippen LogP contribution in [0.1, 0.15) is 32.6 Å². The molecule has 1 amide bonds. The summed E-state index contributed by atoms with van der Waals surface area (Å²) >= 11 is 0. The Bertz CT molecular complexity index is 1200. The predicted octanol–water partition coefficient (Wildman–Crippen LogP) is 1.95. The van der Waals surface area contributed by atoms with Gasteiger partial charge in [-0.05, 0) is 25.7 Å². The number of benzene rings is 1. The summed E-state index contributed by atoms with van der Waals surface area (Å²) in [7, 11) is 1.80. The molecular formula is C23H27N5O3. The molecule has 8 nitrogen and oxygen atoms in total. The molecule has 0 atom stereocenters. The van der Waals surface area contributed by atoms with Gasteiger partial charge in [0, 0.05) is 31.1 Å². The molecule has 3 heterocycles. The van der Waals surface area contributed by atoms with Gasteiger partial charge < -0.3 is 10.0 Å². The topological polar surface area (TPSA) is 93.2 Å². The molecule has 1 aromatic carbocycles. The highest BCUT2D eigenvalue weighted by atomic mass is 16.3. The van der Waals surface area contributed by atoms with Crippen LogP contribution in [0.2, 0.25) is 0 Å². The van der Waals surface area contributed by atoms with Crippen molar-refractivity contribution in [1.82, 2.24) is 24.2 Å². The molecule has 1 saturated heterocycles. The van der Waals surface area contributed by atoms with E-state index in [0.29, 0.717) is 37.0 Å². The molecule has 0 unspecified atom stereocenters. The van der Waals surface area contributed by atoms with Gasteiger partial charge in [0.15, 0.2) is 5.52 Å². The molecule has 8 heteroatoms. The Kier molecular flexibility index (Phi) is 4.51. The molecule has 31 heavy (non-hydrogen) atoms. The summed E-state index contributed by atoms with van der Waals surface area (Å²) in [5, 5.41) is 15.5. The molecule has 162 valence electrons. The molecule has 0 bridgehead atoms. The number of fused-ring (bicyclic) bond motifs is 1. The largest absolute Gasteiger partial charge is 0.388 e. The van der Waals surface area contributed by atoms with Crippen molar-refractivity contribution in [1.29, 1.82) is 0 Å². The highest BCUT2D eigenvalue weighted by Gasteiger charge is 2.48. The number of piperidine rings is 1. The average molecular weight is 422 g/mol. The minimum Gasteiger partial charge on any atom is -0.388 e. The number of likely N-dealkylation sites (tertiary alicyclic amines) is 1. The Balaban J connectivity index is 1.38. The van der Waals surface area contributed by atoms with Crippen LogP contribution in [-0.2, 0) is 18.4 Å². The highest BCUT2D eigenvalue weighted by molar-refractivity contribution is 5.89. The molecule has 2 aromatic heterocycles. The third kappa shape index (κ3) is 3.44. The molecule has 0 radical (unpaired) electrons. The lowest BCUT2D eigenvalue weighted by atomic mass is 9.90. The normalized spacial score (nSPS) is 19.5. The van der Waals surface area contributed by atoms with Crippen LogP contribution in [0.3, 0.4) is 0 Å². The highest BCUT2D eigenvalue weighted by Crippen LogP contribution is 2.47. The van der Waals surface area contributed by atoms with E-state index in [0.717, 1.165) is 24.1 Å². The Morgan fingerprint density at radius 2 is 1.77 bits per heavy atom. The lowest BCUT2D eigenvalue weighted by molar-refractivity contribution is -0.141. The number of nitrogens with zero attached hydrogens (tertiary/aromatic N) is 5. The van der Waals surface area contributed by atoms with Gasteiger partial charge >= 0.3 is 0 Å². The second kappa shape index (κ2) is 7.02. The maximum absolute atomic E-state index is 13.1. The molecule has 0 spiro atoms. The summed E-state index contributed by atoms with van der Waals surface area (Å²) in [5.41, 5.74) is 1.08. The minimum atomic E-state index is -1.04. The number of aryl methyl sites for hydroxylation is 1. The van der Waals surface area contributed by atoms with Crippen LogP contribution in [0.5, 0.6) is 0 Å². The smallest absolute Gasteiger partial charge is 0.281 e. The van der Waals surface area contributed by atoms with Gasteiger partial charge in [-0.1, -0.05) is 37.3 Å². The molecule has 2 fully saturated rings. The lowest BCUT2D eigenvalue weighted by Gasteiger charge is -2.39. The van der Waals surface area contributed by atoms with Crippen LogP contribution in [0.25, 0.3) is 22.3 Å². The Morgan fingerprint density at radius 3 is 2.42 bits per heavy atom. The quantitative estimate of drug-likeness (QED) is 0.695.